The maximum atomic E-state index is 12.7. The molecule has 160 valence electrons. The maximum Gasteiger partial charge on any atom is 0.223 e. The number of ether oxygens (including phenoxy) is 1. The van der Waals surface area contributed by atoms with E-state index in [1.807, 2.05) is 29.2 Å². The number of anilines is 1. The molecule has 0 saturated carbocycles. The van der Waals surface area contributed by atoms with E-state index in [1.54, 1.807) is 25.4 Å². The number of aromatic nitrogens is 1. The Balaban J connectivity index is 1.33. The van der Waals surface area contributed by atoms with Gasteiger partial charge in [0.2, 0.25) is 11.8 Å². The molecule has 1 unspecified atom stereocenters. The lowest BCUT2D eigenvalue weighted by molar-refractivity contribution is -0.129. The number of nitrogens with one attached hydrogen (secondary N) is 1. The number of thiazole rings is 1. The molecule has 1 aliphatic carbocycles. The van der Waals surface area contributed by atoms with Crippen LogP contribution >= 0.6 is 11.3 Å². The zero-order valence-electron chi connectivity index (χ0n) is 17.5. The molecule has 0 bridgehead atoms. The van der Waals surface area contributed by atoms with E-state index in [9.17, 15) is 9.59 Å². The number of nitrogens with zero attached hydrogens (tertiary/aromatic N) is 3. The molecule has 2 amide bonds. The van der Waals surface area contributed by atoms with Crippen molar-refractivity contribution in [2.75, 3.05) is 38.2 Å². The van der Waals surface area contributed by atoms with Crippen LogP contribution in [0, 0.1) is 5.92 Å². The first-order valence-corrected chi connectivity index (χ1v) is 11.2. The highest BCUT2D eigenvalue weighted by molar-refractivity contribution is 7.15. The van der Waals surface area contributed by atoms with Crippen molar-refractivity contribution in [3.63, 3.8) is 0 Å². The number of carbonyl (C=O) groups is 2. The van der Waals surface area contributed by atoms with Gasteiger partial charge in [0, 0.05) is 50.4 Å². The number of benzene rings is 1. The van der Waals surface area contributed by atoms with Crippen LogP contribution in [0.2, 0.25) is 0 Å². The van der Waals surface area contributed by atoms with Gasteiger partial charge < -0.3 is 19.9 Å². The second-order valence-corrected chi connectivity index (χ2v) is 8.93. The van der Waals surface area contributed by atoms with Crippen LogP contribution in [-0.4, -0.2) is 55.0 Å². The molecular formula is C22H28N4O3S. The second kappa shape index (κ2) is 9.04. The topological polar surface area (TPSA) is 74.8 Å². The molecule has 1 atom stereocenters. The number of rotatable bonds is 5. The normalized spacial score (nSPS) is 18.7. The average Bonchev–Trinajstić information content (AvgIpc) is 3.21. The van der Waals surface area contributed by atoms with E-state index in [0.29, 0.717) is 6.54 Å². The van der Waals surface area contributed by atoms with E-state index in [1.165, 1.54) is 4.88 Å². The summed E-state index contributed by atoms with van der Waals surface area (Å²) < 4.78 is 5.25. The molecule has 1 aromatic carbocycles. The van der Waals surface area contributed by atoms with E-state index in [2.05, 4.69) is 10.2 Å². The maximum absolute atomic E-state index is 12.7. The van der Waals surface area contributed by atoms with Crippen LogP contribution in [0.3, 0.4) is 0 Å². The van der Waals surface area contributed by atoms with Gasteiger partial charge in [0.1, 0.15) is 5.75 Å². The van der Waals surface area contributed by atoms with Gasteiger partial charge >= 0.3 is 0 Å². The molecule has 1 aromatic heterocycles. The summed E-state index contributed by atoms with van der Waals surface area (Å²) in [6, 6.07) is 7.77. The largest absolute Gasteiger partial charge is 0.497 e. The van der Waals surface area contributed by atoms with Crippen LogP contribution in [-0.2, 0) is 29.0 Å². The summed E-state index contributed by atoms with van der Waals surface area (Å²) in [5.74, 6) is 1.03. The summed E-state index contributed by atoms with van der Waals surface area (Å²) >= 11 is 1.71. The van der Waals surface area contributed by atoms with Crippen molar-refractivity contribution in [1.29, 1.82) is 0 Å². The molecule has 1 saturated heterocycles. The number of piperazine rings is 1. The molecule has 7 nitrogen and oxygen atoms in total. The lowest BCUT2D eigenvalue weighted by Gasteiger charge is -2.33. The first kappa shape index (κ1) is 20.7. The highest BCUT2D eigenvalue weighted by Gasteiger charge is 2.29. The number of fused-ring (bicyclic) bond motifs is 1. The Kier molecular flexibility index (Phi) is 6.22. The van der Waals surface area contributed by atoms with Crippen molar-refractivity contribution < 1.29 is 14.3 Å². The quantitative estimate of drug-likeness (QED) is 0.791. The molecule has 8 heteroatoms. The Morgan fingerprint density at radius 2 is 2.07 bits per heavy atom. The Morgan fingerprint density at radius 3 is 2.80 bits per heavy atom. The van der Waals surface area contributed by atoms with Crippen LogP contribution < -0.4 is 15.0 Å². The first-order valence-electron chi connectivity index (χ1n) is 10.4. The third kappa shape index (κ3) is 4.59. The summed E-state index contributed by atoms with van der Waals surface area (Å²) in [5.41, 5.74) is 2.17. The minimum Gasteiger partial charge on any atom is -0.497 e. The van der Waals surface area contributed by atoms with Gasteiger partial charge in [0.25, 0.3) is 0 Å². The fourth-order valence-corrected chi connectivity index (χ4v) is 5.29. The number of amides is 2. The van der Waals surface area contributed by atoms with Gasteiger partial charge in [-0.15, -0.1) is 11.3 Å². The van der Waals surface area contributed by atoms with Gasteiger partial charge in [0.05, 0.1) is 12.8 Å². The van der Waals surface area contributed by atoms with Crippen LogP contribution in [0.15, 0.2) is 24.3 Å². The average molecular weight is 429 g/mol. The van der Waals surface area contributed by atoms with Gasteiger partial charge in [-0.2, -0.15) is 0 Å². The Labute approximate surface area is 181 Å². The van der Waals surface area contributed by atoms with Crippen molar-refractivity contribution in [2.45, 2.75) is 32.7 Å². The van der Waals surface area contributed by atoms with Crippen molar-refractivity contribution in [2.24, 2.45) is 5.92 Å². The summed E-state index contributed by atoms with van der Waals surface area (Å²) in [5, 5.41) is 4.11. The zero-order valence-corrected chi connectivity index (χ0v) is 18.3. The molecule has 1 N–H and O–H groups in total. The summed E-state index contributed by atoms with van der Waals surface area (Å²) in [6.07, 6.45) is 2.43. The Bertz CT molecular complexity index is 921. The standard InChI is InChI=1S/C22H28N4O3S/c1-15(27)25-8-10-26(11-9-25)22-24-19-7-6-17(13-20(19)30-22)21(28)23-14-16-4-3-5-18(12-16)29-2/h3-5,12,17H,6-11,13-14H2,1-2H3,(H,23,28). The minimum absolute atomic E-state index is 0.00836. The second-order valence-electron chi connectivity index (χ2n) is 7.87. The van der Waals surface area contributed by atoms with E-state index in [-0.39, 0.29) is 17.7 Å². The molecule has 0 spiro atoms. The van der Waals surface area contributed by atoms with Gasteiger partial charge in [-0.3, -0.25) is 9.59 Å². The van der Waals surface area contributed by atoms with Gasteiger partial charge in [-0.25, -0.2) is 4.98 Å². The smallest absolute Gasteiger partial charge is 0.223 e. The zero-order chi connectivity index (χ0) is 21.1. The fourth-order valence-electron chi connectivity index (χ4n) is 4.05. The van der Waals surface area contributed by atoms with Crippen LogP contribution in [0.25, 0.3) is 0 Å². The summed E-state index contributed by atoms with van der Waals surface area (Å²) in [7, 11) is 1.64. The highest BCUT2D eigenvalue weighted by atomic mass is 32.1. The van der Waals surface area contributed by atoms with Crippen molar-refractivity contribution >= 4 is 28.3 Å². The number of carbonyl (C=O) groups excluding carboxylic acids is 2. The Hall–Kier alpha value is -2.61. The predicted octanol–water partition coefficient (Wildman–Crippen LogP) is 2.24. The van der Waals surface area contributed by atoms with Crippen molar-refractivity contribution in [3.05, 3.63) is 40.4 Å². The fraction of sp³-hybridized carbons (Fsp3) is 0.500. The number of methoxy groups -OCH3 is 1. The molecule has 2 heterocycles. The molecule has 1 aliphatic heterocycles. The van der Waals surface area contributed by atoms with Crippen molar-refractivity contribution in [1.82, 2.24) is 15.2 Å². The van der Waals surface area contributed by atoms with Crippen LogP contribution in [0.5, 0.6) is 5.75 Å². The Morgan fingerprint density at radius 1 is 1.27 bits per heavy atom. The third-order valence-electron chi connectivity index (χ3n) is 5.90. The van der Waals surface area contributed by atoms with Crippen LogP contribution in [0.1, 0.15) is 29.5 Å². The lowest BCUT2D eigenvalue weighted by atomic mass is 9.90. The van der Waals surface area contributed by atoms with Gasteiger partial charge in [-0.05, 0) is 37.0 Å². The molecule has 2 aliphatic rings. The molecule has 30 heavy (non-hydrogen) atoms. The number of hydrogen-bond acceptors (Lipinski definition) is 6. The van der Waals surface area contributed by atoms with Gasteiger partial charge in [-0.1, -0.05) is 12.1 Å². The van der Waals surface area contributed by atoms with E-state index in [0.717, 1.165) is 67.6 Å². The van der Waals surface area contributed by atoms with Crippen LogP contribution in [0.4, 0.5) is 5.13 Å². The monoisotopic (exact) mass is 428 g/mol. The van der Waals surface area contributed by atoms with Gasteiger partial charge in [0.15, 0.2) is 5.13 Å². The van der Waals surface area contributed by atoms with E-state index < -0.39 is 0 Å². The third-order valence-corrected chi connectivity index (χ3v) is 7.08. The molecule has 2 aromatic rings. The minimum atomic E-state index is -0.00836. The summed E-state index contributed by atoms with van der Waals surface area (Å²) in [4.78, 5) is 34.5. The van der Waals surface area contributed by atoms with Crippen molar-refractivity contribution in [3.8, 4) is 5.75 Å². The number of hydrogen-bond donors (Lipinski definition) is 1. The molecule has 0 radical (unpaired) electrons. The SMILES string of the molecule is COc1cccc(CNC(=O)C2CCc3nc(N4CCN(C(C)=O)CC4)sc3C2)c1. The number of aryl methyl sites for hydroxylation is 1. The molecule has 1 fully saturated rings. The highest BCUT2D eigenvalue weighted by Crippen LogP contribution is 2.34. The van der Waals surface area contributed by atoms with E-state index >= 15 is 0 Å². The predicted molar refractivity (Wildman–Crippen MR) is 117 cm³/mol. The summed E-state index contributed by atoms with van der Waals surface area (Å²) in [6.45, 7) is 5.25. The first-order chi connectivity index (χ1) is 14.5. The lowest BCUT2D eigenvalue weighted by Crippen LogP contribution is -2.48. The van der Waals surface area contributed by atoms with E-state index in [4.69, 9.17) is 9.72 Å². The molecular weight excluding hydrogens is 400 g/mol. The molecule has 4 rings (SSSR count).